The molecule has 0 fully saturated rings. The normalized spacial score (nSPS) is 16.5. The van der Waals surface area contributed by atoms with Gasteiger partial charge in [0.1, 0.15) is 0 Å². The van der Waals surface area contributed by atoms with Gasteiger partial charge >= 0.3 is 0 Å². The fourth-order valence-corrected chi connectivity index (χ4v) is 1.17. The zero-order valence-corrected chi connectivity index (χ0v) is 7.11. The maximum Gasteiger partial charge on any atom is 0.263 e. The van der Waals surface area contributed by atoms with Crippen LogP contribution in [0.3, 0.4) is 0 Å². The monoisotopic (exact) mass is 179 g/mol. The van der Waals surface area contributed by atoms with Crippen molar-refractivity contribution < 1.29 is 4.79 Å². The van der Waals surface area contributed by atoms with Gasteiger partial charge in [0.25, 0.3) is 5.91 Å². The lowest BCUT2D eigenvalue weighted by atomic mass is 10.2. The summed E-state index contributed by atoms with van der Waals surface area (Å²) in [6.45, 7) is 0.372. The van der Waals surface area contributed by atoms with Crippen LogP contribution in [0.5, 0.6) is 0 Å². The van der Waals surface area contributed by atoms with E-state index in [9.17, 15) is 4.79 Å². The second-order valence-electron chi connectivity index (χ2n) is 2.80. The summed E-state index contributed by atoms with van der Waals surface area (Å²) >= 11 is 0. The van der Waals surface area contributed by atoms with Crippen LogP contribution in [0.15, 0.2) is 11.2 Å². The summed E-state index contributed by atoms with van der Waals surface area (Å²) in [5, 5.41) is 6.48. The van der Waals surface area contributed by atoms with Crippen LogP contribution in [-0.2, 0) is 6.54 Å². The number of carbonyl (C=O) groups excluding carboxylic acids is 1. The second-order valence-corrected chi connectivity index (χ2v) is 2.80. The van der Waals surface area contributed by atoms with Crippen molar-refractivity contribution in [2.24, 2.45) is 10.7 Å². The topological polar surface area (TPSA) is 87.4 Å². The van der Waals surface area contributed by atoms with Crippen LogP contribution in [0.1, 0.15) is 16.1 Å². The fourth-order valence-electron chi connectivity index (χ4n) is 1.17. The maximum atomic E-state index is 11.6. The summed E-state index contributed by atoms with van der Waals surface area (Å²) in [6, 6.07) is 0. The molecule has 0 atom stereocenters. The van der Waals surface area contributed by atoms with Crippen molar-refractivity contribution in [1.82, 2.24) is 15.1 Å². The van der Waals surface area contributed by atoms with Gasteiger partial charge in [0, 0.05) is 7.05 Å². The Balaban J connectivity index is 2.50. The molecule has 13 heavy (non-hydrogen) atoms. The maximum absolute atomic E-state index is 11.6. The number of amides is 1. The molecule has 1 aliphatic heterocycles. The minimum atomic E-state index is -0.178. The third-order valence-corrected chi connectivity index (χ3v) is 2.00. The Morgan fingerprint density at radius 1 is 1.69 bits per heavy atom. The summed E-state index contributed by atoms with van der Waals surface area (Å²) < 4.78 is 0. The summed E-state index contributed by atoms with van der Waals surface area (Å²) in [4.78, 5) is 16.9. The van der Waals surface area contributed by atoms with Crippen molar-refractivity contribution in [2.75, 3.05) is 7.05 Å². The first-order chi connectivity index (χ1) is 6.20. The van der Waals surface area contributed by atoms with Gasteiger partial charge in [-0.3, -0.25) is 14.8 Å². The Bertz CT molecular complexity index is 380. The Kier molecular flexibility index (Phi) is 1.54. The van der Waals surface area contributed by atoms with Crippen molar-refractivity contribution in [3.8, 4) is 0 Å². The van der Waals surface area contributed by atoms with Crippen LogP contribution in [0, 0.1) is 0 Å². The SMILES string of the molecule is CN1C(=O)c2cn[nH]c2CN=C1N. The predicted molar refractivity (Wildman–Crippen MR) is 46.0 cm³/mol. The highest BCUT2D eigenvalue weighted by molar-refractivity contribution is 6.06. The van der Waals surface area contributed by atoms with E-state index >= 15 is 0 Å². The number of aromatic nitrogens is 2. The summed E-state index contributed by atoms with van der Waals surface area (Å²) in [5.74, 6) is 0.0529. The van der Waals surface area contributed by atoms with E-state index in [1.807, 2.05) is 0 Å². The molecule has 0 saturated heterocycles. The van der Waals surface area contributed by atoms with E-state index in [1.165, 1.54) is 11.1 Å². The highest BCUT2D eigenvalue weighted by atomic mass is 16.2. The molecular formula is C7H9N5O. The molecule has 0 saturated carbocycles. The summed E-state index contributed by atoms with van der Waals surface area (Å²) in [7, 11) is 1.59. The van der Waals surface area contributed by atoms with Gasteiger partial charge in [0.05, 0.1) is 24.0 Å². The van der Waals surface area contributed by atoms with Gasteiger partial charge in [-0.15, -0.1) is 0 Å². The van der Waals surface area contributed by atoms with Crippen LogP contribution in [0.4, 0.5) is 0 Å². The van der Waals surface area contributed by atoms with Gasteiger partial charge in [0.15, 0.2) is 5.96 Å². The van der Waals surface area contributed by atoms with E-state index in [0.29, 0.717) is 17.8 Å². The summed E-state index contributed by atoms with van der Waals surface area (Å²) in [6.07, 6.45) is 1.49. The third-order valence-electron chi connectivity index (χ3n) is 2.00. The minimum Gasteiger partial charge on any atom is -0.369 e. The fraction of sp³-hybridized carbons (Fsp3) is 0.286. The van der Waals surface area contributed by atoms with Crippen LogP contribution in [0.2, 0.25) is 0 Å². The average molecular weight is 179 g/mol. The largest absolute Gasteiger partial charge is 0.369 e. The van der Waals surface area contributed by atoms with E-state index in [0.717, 1.165) is 0 Å². The van der Waals surface area contributed by atoms with Gasteiger partial charge in [-0.25, -0.2) is 4.99 Å². The molecule has 1 aliphatic rings. The molecule has 0 aliphatic carbocycles. The van der Waals surface area contributed by atoms with Gasteiger partial charge in [-0.1, -0.05) is 0 Å². The van der Waals surface area contributed by atoms with Crippen LogP contribution < -0.4 is 5.73 Å². The number of fused-ring (bicyclic) bond motifs is 1. The molecule has 0 aromatic carbocycles. The molecule has 2 rings (SSSR count). The molecule has 0 spiro atoms. The Hall–Kier alpha value is -1.85. The van der Waals surface area contributed by atoms with Crippen molar-refractivity contribution >= 4 is 11.9 Å². The Morgan fingerprint density at radius 3 is 3.23 bits per heavy atom. The lowest BCUT2D eigenvalue weighted by molar-refractivity contribution is 0.0870. The van der Waals surface area contributed by atoms with Gasteiger partial charge in [-0.05, 0) is 0 Å². The minimum absolute atomic E-state index is 0.178. The van der Waals surface area contributed by atoms with E-state index in [-0.39, 0.29) is 11.9 Å². The molecule has 6 nitrogen and oxygen atoms in total. The number of rotatable bonds is 0. The number of carbonyl (C=O) groups is 1. The smallest absolute Gasteiger partial charge is 0.263 e. The third kappa shape index (κ3) is 1.07. The zero-order chi connectivity index (χ0) is 9.42. The molecule has 0 radical (unpaired) electrons. The molecule has 0 unspecified atom stereocenters. The Labute approximate surface area is 74.4 Å². The van der Waals surface area contributed by atoms with Crippen molar-refractivity contribution in [3.63, 3.8) is 0 Å². The van der Waals surface area contributed by atoms with E-state index in [4.69, 9.17) is 5.73 Å². The lowest BCUT2D eigenvalue weighted by Crippen LogP contribution is -2.37. The van der Waals surface area contributed by atoms with E-state index in [2.05, 4.69) is 15.2 Å². The molecule has 1 aromatic heterocycles. The quantitative estimate of drug-likeness (QED) is 0.552. The lowest BCUT2D eigenvalue weighted by Gasteiger charge is -2.12. The van der Waals surface area contributed by atoms with Gasteiger partial charge < -0.3 is 5.73 Å². The molecule has 68 valence electrons. The molecule has 3 N–H and O–H groups in total. The average Bonchev–Trinajstić information content (AvgIpc) is 2.56. The van der Waals surface area contributed by atoms with Crippen LogP contribution in [0.25, 0.3) is 0 Å². The Morgan fingerprint density at radius 2 is 2.46 bits per heavy atom. The first-order valence-corrected chi connectivity index (χ1v) is 3.80. The molecule has 0 bridgehead atoms. The molecule has 6 heteroatoms. The molecule has 1 aromatic rings. The number of guanidine groups is 1. The summed E-state index contributed by atoms with van der Waals surface area (Å²) in [5.41, 5.74) is 6.77. The number of nitrogens with one attached hydrogen (secondary N) is 1. The number of nitrogens with zero attached hydrogens (tertiary/aromatic N) is 3. The highest BCUT2D eigenvalue weighted by Crippen LogP contribution is 2.12. The zero-order valence-electron chi connectivity index (χ0n) is 7.11. The number of nitrogens with two attached hydrogens (primary N) is 1. The second kappa shape index (κ2) is 2.58. The van der Waals surface area contributed by atoms with Crippen LogP contribution >= 0.6 is 0 Å². The molecule has 2 heterocycles. The predicted octanol–water partition coefficient (Wildman–Crippen LogP) is -0.690. The van der Waals surface area contributed by atoms with Crippen LogP contribution in [-0.4, -0.2) is 34.0 Å². The number of hydrogen-bond donors (Lipinski definition) is 2. The highest BCUT2D eigenvalue weighted by Gasteiger charge is 2.22. The van der Waals surface area contributed by atoms with Crippen molar-refractivity contribution in [1.29, 1.82) is 0 Å². The first kappa shape index (κ1) is 7.78. The van der Waals surface area contributed by atoms with Crippen molar-refractivity contribution in [3.05, 3.63) is 17.5 Å². The standard InChI is InChI=1S/C7H9N5O/c1-12-6(13)4-2-10-11-5(4)3-9-7(12)8/h2H,3H2,1H3,(H2,8,9)(H,10,11). The number of aromatic amines is 1. The number of aliphatic imine (C=N–C) groups is 1. The number of H-pyrrole nitrogens is 1. The number of hydrogen-bond acceptors (Lipinski definition) is 4. The van der Waals surface area contributed by atoms with Crippen molar-refractivity contribution in [2.45, 2.75) is 6.54 Å². The van der Waals surface area contributed by atoms with E-state index in [1.54, 1.807) is 7.05 Å². The molecular weight excluding hydrogens is 170 g/mol. The van der Waals surface area contributed by atoms with Gasteiger partial charge in [-0.2, -0.15) is 5.10 Å². The van der Waals surface area contributed by atoms with E-state index < -0.39 is 0 Å². The van der Waals surface area contributed by atoms with Gasteiger partial charge in [0.2, 0.25) is 0 Å². The molecule has 1 amide bonds. The first-order valence-electron chi connectivity index (χ1n) is 3.80.